The number of carbonyl (C=O) groups excluding carboxylic acids is 1. The Morgan fingerprint density at radius 1 is 1.47 bits per heavy atom. The van der Waals surface area contributed by atoms with Crippen LogP contribution in [0.5, 0.6) is 0 Å². The summed E-state index contributed by atoms with van der Waals surface area (Å²) in [5, 5.41) is 4.08. The molecule has 3 rings (SSSR count). The highest BCUT2D eigenvalue weighted by Crippen LogP contribution is 2.19. The summed E-state index contributed by atoms with van der Waals surface area (Å²) in [4.78, 5) is 18.9. The number of halogens is 1. The molecule has 7 heteroatoms. The second-order valence-electron chi connectivity index (χ2n) is 3.74. The molecule has 2 N–H and O–H groups in total. The highest BCUT2D eigenvalue weighted by atomic mass is 19.1. The first-order chi connectivity index (χ1) is 9.16. The van der Waals surface area contributed by atoms with Crippen molar-refractivity contribution in [2.45, 2.75) is 0 Å². The van der Waals surface area contributed by atoms with Gasteiger partial charge in [-0.2, -0.15) is 4.39 Å². The molecule has 0 saturated carbocycles. The van der Waals surface area contributed by atoms with Crippen LogP contribution in [-0.4, -0.2) is 25.5 Å². The zero-order valence-corrected chi connectivity index (χ0v) is 9.54. The van der Waals surface area contributed by atoms with Gasteiger partial charge in [0.15, 0.2) is 11.5 Å². The highest BCUT2D eigenvalue weighted by Gasteiger charge is 2.15. The Morgan fingerprint density at radius 3 is 3.05 bits per heavy atom. The van der Waals surface area contributed by atoms with Crippen molar-refractivity contribution in [3.05, 3.63) is 48.2 Å². The van der Waals surface area contributed by atoms with Crippen LogP contribution in [0.2, 0.25) is 0 Å². The van der Waals surface area contributed by atoms with Gasteiger partial charge in [-0.05, 0) is 18.2 Å². The molecule has 19 heavy (non-hydrogen) atoms. The molecular weight excluding hydrogens is 249 g/mol. The molecule has 3 heterocycles. The molecule has 0 unspecified atom stereocenters. The van der Waals surface area contributed by atoms with Crippen molar-refractivity contribution >= 4 is 11.6 Å². The van der Waals surface area contributed by atoms with Gasteiger partial charge in [0.1, 0.15) is 0 Å². The molecule has 0 spiro atoms. The average Bonchev–Trinajstić information content (AvgIpc) is 2.82. The van der Waals surface area contributed by atoms with Crippen LogP contribution < -0.4 is 5.73 Å². The lowest BCUT2D eigenvalue weighted by molar-refractivity contribution is 0.100. The lowest BCUT2D eigenvalue weighted by Crippen LogP contribution is -2.12. The third kappa shape index (κ3) is 1.81. The van der Waals surface area contributed by atoms with Gasteiger partial charge in [0.25, 0.3) is 5.91 Å². The van der Waals surface area contributed by atoms with Gasteiger partial charge in [-0.1, -0.05) is 0 Å². The Bertz CT molecular complexity index is 783. The number of nitrogens with two attached hydrogens (primary N) is 1. The zero-order valence-electron chi connectivity index (χ0n) is 9.54. The van der Waals surface area contributed by atoms with E-state index in [2.05, 4.69) is 21.1 Å². The van der Waals surface area contributed by atoms with E-state index in [0.29, 0.717) is 0 Å². The molecule has 3 aromatic heterocycles. The fraction of sp³-hybridized carbons (Fsp3) is 0. The number of hydrogen-bond acceptors (Lipinski definition) is 4. The molecule has 1 radical (unpaired) electrons. The Kier molecular flexibility index (Phi) is 2.45. The molecule has 0 aromatic carbocycles. The molecule has 0 aliphatic rings. The van der Waals surface area contributed by atoms with Gasteiger partial charge in [-0.15, -0.1) is 5.10 Å². The van der Waals surface area contributed by atoms with Gasteiger partial charge in [-0.25, -0.2) is 14.5 Å². The van der Waals surface area contributed by atoms with Gasteiger partial charge >= 0.3 is 0 Å². The number of primary amides is 1. The van der Waals surface area contributed by atoms with Crippen molar-refractivity contribution in [1.29, 1.82) is 0 Å². The van der Waals surface area contributed by atoms with Crippen LogP contribution in [0.3, 0.4) is 0 Å². The quantitative estimate of drug-likeness (QED) is 0.688. The lowest BCUT2D eigenvalue weighted by atomic mass is 10.2. The van der Waals surface area contributed by atoms with E-state index >= 15 is 0 Å². The molecule has 0 saturated heterocycles. The van der Waals surface area contributed by atoms with Crippen molar-refractivity contribution in [1.82, 2.24) is 19.6 Å². The number of amides is 1. The maximum Gasteiger partial charge on any atom is 0.253 e. The summed E-state index contributed by atoms with van der Waals surface area (Å²) >= 11 is 0. The standard InChI is InChI=1S/C12H7FN5O/c13-9-7(3-1-5-15-9)11-16-12-8(10(14)19)4-2-6-18(12)17-11/h1-3,5-6H,(H2,14,19). The number of carbonyl (C=O) groups is 1. The van der Waals surface area contributed by atoms with Crippen LogP contribution in [0, 0.1) is 12.0 Å². The summed E-state index contributed by atoms with van der Waals surface area (Å²) in [5.41, 5.74) is 5.71. The van der Waals surface area contributed by atoms with E-state index in [0.717, 1.165) is 0 Å². The Labute approximate surface area is 106 Å². The van der Waals surface area contributed by atoms with Gasteiger partial charge in [0.05, 0.1) is 11.1 Å². The Morgan fingerprint density at radius 2 is 2.32 bits per heavy atom. The summed E-state index contributed by atoms with van der Waals surface area (Å²) < 4.78 is 14.9. The number of rotatable bonds is 2. The molecule has 0 aliphatic carbocycles. The molecule has 1 amide bonds. The van der Waals surface area contributed by atoms with Crippen molar-refractivity contribution in [2.75, 3.05) is 0 Å². The maximum atomic E-state index is 13.6. The van der Waals surface area contributed by atoms with E-state index in [-0.39, 0.29) is 22.6 Å². The Hall–Kier alpha value is -2.83. The monoisotopic (exact) mass is 256 g/mol. The predicted molar refractivity (Wildman–Crippen MR) is 63.5 cm³/mol. The summed E-state index contributed by atoms with van der Waals surface area (Å²) in [6, 6.07) is 7.25. The summed E-state index contributed by atoms with van der Waals surface area (Å²) in [5.74, 6) is -1.22. The van der Waals surface area contributed by atoms with Gasteiger partial charge < -0.3 is 5.73 Å². The van der Waals surface area contributed by atoms with E-state index < -0.39 is 11.9 Å². The summed E-state index contributed by atoms with van der Waals surface area (Å²) in [7, 11) is 0. The number of hydrogen-bond donors (Lipinski definition) is 1. The van der Waals surface area contributed by atoms with E-state index in [4.69, 9.17) is 5.73 Å². The van der Waals surface area contributed by atoms with Crippen molar-refractivity contribution in [3.63, 3.8) is 0 Å². The number of nitrogens with zero attached hydrogens (tertiary/aromatic N) is 4. The minimum absolute atomic E-state index is 0.102. The van der Waals surface area contributed by atoms with Gasteiger partial charge in [0.2, 0.25) is 5.95 Å². The van der Waals surface area contributed by atoms with Crippen LogP contribution in [-0.2, 0) is 0 Å². The van der Waals surface area contributed by atoms with Crippen molar-refractivity contribution < 1.29 is 9.18 Å². The molecule has 0 fully saturated rings. The lowest BCUT2D eigenvalue weighted by Gasteiger charge is -1.94. The first-order valence-electron chi connectivity index (χ1n) is 5.34. The van der Waals surface area contributed by atoms with E-state index in [9.17, 15) is 9.18 Å². The average molecular weight is 256 g/mol. The van der Waals surface area contributed by atoms with Crippen LogP contribution >= 0.6 is 0 Å². The fourth-order valence-electron chi connectivity index (χ4n) is 1.70. The first-order valence-corrected chi connectivity index (χ1v) is 5.34. The minimum atomic E-state index is -0.678. The third-order valence-electron chi connectivity index (χ3n) is 2.54. The smallest absolute Gasteiger partial charge is 0.253 e. The topological polar surface area (TPSA) is 86.2 Å². The third-order valence-corrected chi connectivity index (χ3v) is 2.54. The van der Waals surface area contributed by atoms with Crippen LogP contribution in [0.1, 0.15) is 10.4 Å². The van der Waals surface area contributed by atoms with Crippen molar-refractivity contribution in [2.24, 2.45) is 5.73 Å². The molecule has 0 bridgehead atoms. The summed E-state index contributed by atoms with van der Waals surface area (Å²) in [6.07, 6.45) is 2.88. The van der Waals surface area contributed by atoms with Crippen LogP contribution in [0.25, 0.3) is 17.0 Å². The minimum Gasteiger partial charge on any atom is -0.365 e. The molecule has 93 valence electrons. The predicted octanol–water partition coefficient (Wildman–Crippen LogP) is 0.829. The van der Waals surface area contributed by atoms with E-state index in [1.54, 1.807) is 12.3 Å². The number of fused-ring (bicyclic) bond motifs is 1. The second kappa shape index (κ2) is 4.13. The first kappa shape index (κ1) is 11.3. The zero-order chi connectivity index (χ0) is 13.4. The maximum absolute atomic E-state index is 13.6. The Balaban J connectivity index is 2.26. The second-order valence-corrected chi connectivity index (χ2v) is 3.74. The molecule has 0 atom stereocenters. The SMILES string of the molecule is NC(=O)c1[c]ccn2nc(-c3cccnc3F)nc12. The summed E-state index contributed by atoms with van der Waals surface area (Å²) in [6.45, 7) is 0. The number of aromatic nitrogens is 4. The van der Waals surface area contributed by atoms with E-state index in [1.807, 2.05) is 0 Å². The van der Waals surface area contributed by atoms with Crippen molar-refractivity contribution in [3.8, 4) is 11.4 Å². The molecule has 0 aliphatic heterocycles. The van der Waals surface area contributed by atoms with Gasteiger partial charge in [-0.3, -0.25) is 4.79 Å². The van der Waals surface area contributed by atoms with Crippen LogP contribution in [0.4, 0.5) is 4.39 Å². The van der Waals surface area contributed by atoms with Gasteiger partial charge in [0, 0.05) is 18.5 Å². The number of pyridine rings is 2. The fourth-order valence-corrected chi connectivity index (χ4v) is 1.70. The normalized spacial score (nSPS) is 10.8. The highest BCUT2D eigenvalue weighted by molar-refractivity contribution is 5.98. The van der Waals surface area contributed by atoms with E-state index in [1.165, 1.54) is 22.8 Å². The molecule has 6 nitrogen and oxygen atoms in total. The molecular formula is C12H7FN5O. The largest absolute Gasteiger partial charge is 0.365 e. The van der Waals surface area contributed by atoms with Crippen LogP contribution in [0.15, 0.2) is 30.6 Å². The molecule has 3 aromatic rings.